The number of fused-ring (bicyclic) bond motifs is 1. The van der Waals surface area contributed by atoms with Crippen LogP contribution < -0.4 is 14.8 Å². The lowest BCUT2D eigenvalue weighted by atomic mass is 9.95. The highest BCUT2D eigenvalue weighted by atomic mass is 35.5. The van der Waals surface area contributed by atoms with E-state index >= 15 is 0 Å². The van der Waals surface area contributed by atoms with Gasteiger partial charge in [-0.05, 0) is 19.9 Å². The molecule has 1 amide bonds. The number of para-hydroxylation sites is 1. The fourth-order valence-electron chi connectivity index (χ4n) is 1.61. The minimum Gasteiger partial charge on any atom is -0.454 e. The van der Waals surface area contributed by atoms with E-state index in [2.05, 4.69) is 5.32 Å². The molecule has 0 unspecified atom stereocenters. The Kier molecular flexibility index (Phi) is 3.66. The van der Waals surface area contributed by atoms with E-state index in [1.165, 1.54) is 0 Å². The molecule has 2 rings (SSSR count). The van der Waals surface area contributed by atoms with E-state index in [0.29, 0.717) is 12.3 Å². The third-order valence-electron chi connectivity index (χ3n) is 2.87. The molecule has 1 aromatic rings. The Hall–Kier alpha value is -1.42. The number of alkyl halides is 1. The van der Waals surface area contributed by atoms with Crippen molar-refractivity contribution in [1.82, 2.24) is 5.32 Å². The summed E-state index contributed by atoms with van der Waals surface area (Å²) in [5, 5.41) is 2.86. The first-order chi connectivity index (χ1) is 8.54. The summed E-state index contributed by atoms with van der Waals surface area (Å²) in [5.74, 6) is 1.64. The molecule has 0 bridgehead atoms. The molecule has 0 radical (unpaired) electrons. The zero-order chi connectivity index (χ0) is 13.2. The molecule has 0 aliphatic carbocycles. The molecule has 0 saturated heterocycles. The Morgan fingerprint density at radius 1 is 1.44 bits per heavy atom. The Bertz CT molecular complexity index is 460. The number of nitrogens with one attached hydrogen (secondary N) is 1. The number of amides is 1. The topological polar surface area (TPSA) is 47.6 Å². The lowest BCUT2D eigenvalue weighted by Gasteiger charge is -2.20. The van der Waals surface area contributed by atoms with Crippen LogP contribution in [0.4, 0.5) is 0 Å². The standard InChI is InChI=1S/C13H16ClNO3/c1-13(2,7-14)12(16)15-6-9-4-3-5-10-11(9)18-8-17-10/h3-5H,6-8H2,1-2H3,(H,15,16). The number of halogens is 1. The van der Waals surface area contributed by atoms with Crippen LogP contribution in [-0.4, -0.2) is 18.6 Å². The summed E-state index contributed by atoms with van der Waals surface area (Å²) in [6.07, 6.45) is 0. The average Bonchev–Trinajstić information content (AvgIpc) is 2.84. The van der Waals surface area contributed by atoms with Gasteiger partial charge >= 0.3 is 0 Å². The highest BCUT2D eigenvalue weighted by molar-refractivity contribution is 6.19. The number of hydrogen-bond acceptors (Lipinski definition) is 3. The van der Waals surface area contributed by atoms with E-state index < -0.39 is 5.41 Å². The van der Waals surface area contributed by atoms with Crippen molar-refractivity contribution >= 4 is 17.5 Å². The monoisotopic (exact) mass is 269 g/mol. The molecular formula is C13H16ClNO3. The largest absolute Gasteiger partial charge is 0.454 e. The van der Waals surface area contributed by atoms with Crippen LogP contribution >= 0.6 is 11.6 Å². The van der Waals surface area contributed by atoms with Crippen LogP contribution in [0.2, 0.25) is 0 Å². The molecule has 4 nitrogen and oxygen atoms in total. The van der Waals surface area contributed by atoms with Crippen LogP contribution in [0.3, 0.4) is 0 Å². The summed E-state index contributed by atoms with van der Waals surface area (Å²) in [6.45, 7) is 4.26. The van der Waals surface area contributed by atoms with Crippen LogP contribution in [0.15, 0.2) is 18.2 Å². The zero-order valence-corrected chi connectivity index (χ0v) is 11.2. The molecule has 1 aliphatic rings. The number of rotatable bonds is 4. The highest BCUT2D eigenvalue weighted by Crippen LogP contribution is 2.35. The number of ether oxygens (including phenoxy) is 2. The van der Waals surface area contributed by atoms with Crippen molar-refractivity contribution in [3.05, 3.63) is 23.8 Å². The molecule has 1 aromatic carbocycles. The van der Waals surface area contributed by atoms with Gasteiger partial charge in [0, 0.05) is 18.0 Å². The van der Waals surface area contributed by atoms with Crippen molar-refractivity contribution < 1.29 is 14.3 Å². The van der Waals surface area contributed by atoms with E-state index in [1.54, 1.807) is 0 Å². The Balaban J connectivity index is 2.04. The van der Waals surface area contributed by atoms with Crippen molar-refractivity contribution in [1.29, 1.82) is 0 Å². The molecule has 1 heterocycles. The molecule has 5 heteroatoms. The van der Waals surface area contributed by atoms with Crippen LogP contribution in [0.1, 0.15) is 19.4 Å². The van der Waals surface area contributed by atoms with Crippen molar-refractivity contribution in [2.24, 2.45) is 5.41 Å². The average molecular weight is 270 g/mol. The van der Waals surface area contributed by atoms with E-state index in [0.717, 1.165) is 11.3 Å². The van der Waals surface area contributed by atoms with Crippen molar-refractivity contribution in [3.8, 4) is 11.5 Å². The molecule has 18 heavy (non-hydrogen) atoms. The van der Waals surface area contributed by atoms with Gasteiger partial charge < -0.3 is 14.8 Å². The predicted octanol–water partition coefficient (Wildman–Crippen LogP) is 2.30. The second kappa shape index (κ2) is 5.06. The van der Waals surface area contributed by atoms with Gasteiger partial charge in [-0.15, -0.1) is 11.6 Å². The van der Waals surface area contributed by atoms with Gasteiger partial charge in [0.1, 0.15) is 0 Å². The summed E-state index contributed by atoms with van der Waals surface area (Å²) >= 11 is 5.76. The van der Waals surface area contributed by atoms with Gasteiger partial charge in [-0.1, -0.05) is 12.1 Å². The molecule has 0 fully saturated rings. The molecule has 1 aliphatic heterocycles. The third kappa shape index (κ3) is 2.53. The van der Waals surface area contributed by atoms with Gasteiger partial charge in [-0.25, -0.2) is 0 Å². The van der Waals surface area contributed by atoms with E-state index in [9.17, 15) is 4.79 Å². The van der Waals surface area contributed by atoms with E-state index in [1.807, 2.05) is 32.0 Å². The van der Waals surface area contributed by atoms with E-state index in [-0.39, 0.29) is 18.6 Å². The maximum absolute atomic E-state index is 11.9. The molecule has 0 saturated carbocycles. The Morgan fingerprint density at radius 3 is 2.94 bits per heavy atom. The van der Waals surface area contributed by atoms with Crippen LogP contribution in [-0.2, 0) is 11.3 Å². The molecule has 0 aromatic heterocycles. The number of carbonyl (C=O) groups is 1. The first-order valence-electron chi connectivity index (χ1n) is 5.76. The number of carbonyl (C=O) groups excluding carboxylic acids is 1. The molecule has 0 spiro atoms. The normalized spacial score (nSPS) is 13.5. The van der Waals surface area contributed by atoms with Crippen molar-refractivity contribution in [2.45, 2.75) is 20.4 Å². The fraction of sp³-hybridized carbons (Fsp3) is 0.462. The zero-order valence-electron chi connectivity index (χ0n) is 10.5. The van der Waals surface area contributed by atoms with Crippen molar-refractivity contribution in [2.75, 3.05) is 12.7 Å². The number of hydrogen-bond donors (Lipinski definition) is 1. The minimum atomic E-state index is -0.573. The first kappa shape index (κ1) is 13.0. The van der Waals surface area contributed by atoms with Gasteiger partial charge in [0.15, 0.2) is 11.5 Å². The Morgan fingerprint density at radius 2 is 2.22 bits per heavy atom. The SMILES string of the molecule is CC(C)(CCl)C(=O)NCc1cccc2c1OCO2. The van der Waals surface area contributed by atoms with Gasteiger partial charge in [0.2, 0.25) is 12.7 Å². The van der Waals surface area contributed by atoms with Crippen LogP contribution in [0.25, 0.3) is 0 Å². The maximum atomic E-state index is 11.9. The summed E-state index contributed by atoms with van der Waals surface area (Å²) in [6, 6.07) is 5.62. The molecular weight excluding hydrogens is 254 g/mol. The second-order valence-corrected chi connectivity index (χ2v) is 5.12. The highest BCUT2D eigenvalue weighted by Gasteiger charge is 2.26. The second-order valence-electron chi connectivity index (χ2n) is 4.85. The maximum Gasteiger partial charge on any atom is 0.231 e. The third-order valence-corrected chi connectivity index (χ3v) is 3.53. The summed E-state index contributed by atoms with van der Waals surface area (Å²) < 4.78 is 10.7. The van der Waals surface area contributed by atoms with Gasteiger partial charge in [-0.2, -0.15) is 0 Å². The van der Waals surface area contributed by atoms with Crippen LogP contribution in [0.5, 0.6) is 11.5 Å². The smallest absolute Gasteiger partial charge is 0.231 e. The fourth-order valence-corrected chi connectivity index (χ4v) is 1.73. The molecule has 1 N–H and O–H groups in total. The van der Waals surface area contributed by atoms with Crippen LogP contribution in [0, 0.1) is 5.41 Å². The minimum absolute atomic E-state index is 0.0750. The molecule has 98 valence electrons. The number of benzene rings is 1. The lowest BCUT2D eigenvalue weighted by Crippen LogP contribution is -2.37. The first-order valence-corrected chi connectivity index (χ1v) is 6.30. The summed E-state index contributed by atoms with van der Waals surface area (Å²) in [5.41, 5.74) is 0.334. The summed E-state index contributed by atoms with van der Waals surface area (Å²) in [7, 11) is 0. The summed E-state index contributed by atoms with van der Waals surface area (Å²) in [4.78, 5) is 11.9. The van der Waals surface area contributed by atoms with Gasteiger partial charge in [0.25, 0.3) is 0 Å². The Labute approximate surface area is 111 Å². The van der Waals surface area contributed by atoms with Gasteiger partial charge in [0.05, 0.1) is 5.41 Å². The predicted molar refractivity (Wildman–Crippen MR) is 68.9 cm³/mol. The van der Waals surface area contributed by atoms with Crippen molar-refractivity contribution in [3.63, 3.8) is 0 Å². The van der Waals surface area contributed by atoms with Gasteiger partial charge in [-0.3, -0.25) is 4.79 Å². The quantitative estimate of drug-likeness (QED) is 0.853. The molecule has 0 atom stereocenters. The lowest BCUT2D eigenvalue weighted by molar-refractivity contribution is -0.128. The van der Waals surface area contributed by atoms with E-state index in [4.69, 9.17) is 21.1 Å².